The number of oxime groups is 1. The Morgan fingerprint density at radius 1 is 1.47 bits per heavy atom. The van der Waals surface area contributed by atoms with Gasteiger partial charge in [0.2, 0.25) is 0 Å². The Hall–Kier alpha value is -1.13. The van der Waals surface area contributed by atoms with Gasteiger partial charge in [0.25, 0.3) is 0 Å². The van der Waals surface area contributed by atoms with Crippen LogP contribution in [-0.2, 0) is 0 Å². The number of halogens is 2. The van der Waals surface area contributed by atoms with Crippen LogP contribution in [0.15, 0.2) is 23.4 Å². The molecule has 0 aliphatic carbocycles. The van der Waals surface area contributed by atoms with Crippen molar-refractivity contribution in [2.75, 3.05) is 6.61 Å². The molecule has 0 heterocycles. The van der Waals surface area contributed by atoms with E-state index >= 15 is 0 Å². The van der Waals surface area contributed by atoms with E-state index in [2.05, 4.69) is 5.16 Å². The summed E-state index contributed by atoms with van der Waals surface area (Å²) in [5, 5.41) is 12.1. The summed E-state index contributed by atoms with van der Waals surface area (Å²) in [5.41, 5.74) is 5.27. The van der Waals surface area contributed by atoms with Crippen molar-refractivity contribution in [2.45, 2.75) is 6.42 Å². The van der Waals surface area contributed by atoms with Crippen LogP contribution in [0.5, 0.6) is 5.75 Å². The minimum Gasteiger partial charge on any atom is -0.492 e. The van der Waals surface area contributed by atoms with Gasteiger partial charge < -0.3 is 15.7 Å². The second-order valence-electron chi connectivity index (χ2n) is 2.76. The van der Waals surface area contributed by atoms with Gasteiger partial charge in [-0.15, -0.1) is 0 Å². The Balaban J connectivity index is 2.51. The fourth-order valence-electron chi connectivity index (χ4n) is 0.908. The van der Waals surface area contributed by atoms with Crippen molar-refractivity contribution in [3.63, 3.8) is 0 Å². The van der Waals surface area contributed by atoms with Crippen LogP contribution in [0.2, 0.25) is 10.0 Å². The van der Waals surface area contributed by atoms with Gasteiger partial charge in [-0.2, -0.15) is 0 Å². The van der Waals surface area contributed by atoms with Gasteiger partial charge in [-0.3, -0.25) is 0 Å². The van der Waals surface area contributed by atoms with E-state index in [0.29, 0.717) is 22.2 Å². The van der Waals surface area contributed by atoms with E-state index in [0.717, 1.165) is 0 Å². The minimum absolute atomic E-state index is 0.111. The zero-order valence-electron chi connectivity index (χ0n) is 7.78. The fourth-order valence-corrected chi connectivity index (χ4v) is 1.37. The van der Waals surface area contributed by atoms with Crippen LogP contribution in [-0.4, -0.2) is 17.6 Å². The molecule has 4 nitrogen and oxygen atoms in total. The third kappa shape index (κ3) is 3.85. The number of ether oxygens (including phenoxy) is 1. The summed E-state index contributed by atoms with van der Waals surface area (Å²) in [6.45, 7) is 0.289. The largest absolute Gasteiger partial charge is 0.492 e. The maximum absolute atomic E-state index is 8.29. The van der Waals surface area contributed by atoms with Gasteiger partial charge >= 0.3 is 0 Å². The normalized spacial score (nSPS) is 11.5. The van der Waals surface area contributed by atoms with Crippen LogP contribution in [0.1, 0.15) is 6.42 Å². The quantitative estimate of drug-likeness (QED) is 0.373. The summed E-state index contributed by atoms with van der Waals surface area (Å²) in [5.74, 6) is 0.631. The van der Waals surface area contributed by atoms with Gasteiger partial charge in [0, 0.05) is 11.4 Å². The lowest BCUT2D eigenvalue weighted by atomic mass is 10.3. The van der Waals surface area contributed by atoms with Crippen LogP contribution < -0.4 is 10.5 Å². The predicted octanol–water partition coefficient (Wildman–Crippen LogP) is 2.51. The van der Waals surface area contributed by atoms with E-state index in [1.54, 1.807) is 18.2 Å². The minimum atomic E-state index is 0.111. The van der Waals surface area contributed by atoms with Crippen LogP contribution in [0.3, 0.4) is 0 Å². The first kappa shape index (κ1) is 11.9. The van der Waals surface area contributed by atoms with Crippen LogP contribution in [0.25, 0.3) is 0 Å². The molecular weight excluding hydrogens is 239 g/mol. The monoisotopic (exact) mass is 248 g/mol. The highest BCUT2D eigenvalue weighted by molar-refractivity contribution is 6.35. The second-order valence-corrected chi connectivity index (χ2v) is 3.61. The first-order valence-electron chi connectivity index (χ1n) is 4.17. The Morgan fingerprint density at radius 2 is 2.20 bits per heavy atom. The number of rotatable bonds is 4. The molecule has 0 saturated heterocycles. The van der Waals surface area contributed by atoms with Gasteiger partial charge in [-0.1, -0.05) is 28.4 Å². The van der Waals surface area contributed by atoms with Crippen molar-refractivity contribution in [1.82, 2.24) is 0 Å². The molecule has 0 unspecified atom stereocenters. The molecule has 3 N–H and O–H groups in total. The highest BCUT2D eigenvalue weighted by Crippen LogP contribution is 2.27. The zero-order chi connectivity index (χ0) is 11.3. The molecule has 0 aliphatic heterocycles. The molecule has 0 spiro atoms. The van der Waals surface area contributed by atoms with E-state index in [4.69, 9.17) is 38.9 Å². The van der Waals surface area contributed by atoms with Crippen molar-refractivity contribution in [3.8, 4) is 5.75 Å². The summed E-state index contributed by atoms with van der Waals surface area (Å²) in [6, 6.07) is 4.92. The molecule has 1 aromatic rings. The molecule has 82 valence electrons. The molecule has 0 radical (unpaired) electrons. The molecule has 1 aromatic carbocycles. The summed E-state index contributed by atoms with van der Waals surface area (Å²) in [7, 11) is 0. The van der Waals surface area contributed by atoms with Crippen molar-refractivity contribution in [1.29, 1.82) is 0 Å². The van der Waals surface area contributed by atoms with E-state index < -0.39 is 0 Å². The Morgan fingerprint density at radius 3 is 2.80 bits per heavy atom. The molecule has 0 fully saturated rings. The maximum Gasteiger partial charge on any atom is 0.142 e. The number of nitrogens with two attached hydrogens (primary N) is 1. The van der Waals surface area contributed by atoms with Crippen molar-refractivity contribution in [3.05, 3.63) is 28.2 Å². The summed E-state index contributed by atoms with van der Waals surface area (Å²) < 4.78 is 5.30. The molecule has 0 aliphatic rings. The zero-order valence-corrected chi connectivity index (χ0v) is 9.29. The number of hydrogen-bond donors (Lipinski definition) is 2. The van der Waals surface area contributed by atoms with Crippen LogP contribution in [0, 0.1) is 0 Å². The van der Waals surface area contributed by atoms with E-state index in [-0.39, 0.29) is 12.4 Å². The first-order chi connectivity index (χ1) is 7.13. The highest BCUT2D eigenvalue weighted by atomic mass is 35.5. The molecule has 0 amide bonds. The maximum atomic E-state index is 8.29. The number of hydrogen-bond acceptors (Lipinski definition) is 3. The first-order valence-corrected chi connectivity index (χ1v) is 4.93. The molecule has 0 aromatic heterocycles. The average Bonchev–Trinajstić information content (AvgIpc) is 2.21. The lowest BCUT2D eigenvalue weighted by molar-refractivity contribution is 0.305. The molecule has 0 saturated carbocycles. The molecule has 0 atom stereocenters. The van der Waals surface area contributed by atoms with Crippen molar-refractivity contribution >= 4 is 29.0 Å². The fraction of sp³-hybridized carbons (Fsp3) is 0.222. The SMILES string of the molecule is N/C(CCOc1ccc(Cl)cc1Cl)=N\O. The van der Waals surface area contributed by atoms with Crippen molar-refractivity contribution in [2.24, 2.45) is 10.9 Å². The highest BCUT2D eigenvalue weighted by Gasteiger charge is 2.02. The van der Waals surface area contributed by atoms with Crippen LogP contribution in [0.4, 0.5) is 0 Å². The summed E-state index contributed by atoms with van der Waals surface area (Å²) >= 11 is 11.6. The second kappa shape index (κ2) is 5.68. The average molecular weight is 249 g/mol. The lowest BCUT2D eigenvalue weighted by Crippen LogP contribution is -2.15. The van der Waals surface area contributed by atoms with E-state index in [9.17, 15) is 0 Å². The van der Waals surface area contributed by atoms with E-state index in [1.807, 2.05) is 0 Å². The molecule has 0 bridgehead atoms. The Bertz CT molecular complexity index is 369. The number of benzene rings is 1. The molecule has 1 rings (SSSR count). The molecular formula is C9H10Cl2N2O2. The van der Waals surface area contributed by atoms with Gasteiger partial charge in [0.05, 0.1) is 11.6 Å². The molecule has 15 heavy (non-hydrogen) atoms. The van der Waals surface area contributed by atoms with Crippen molar-refractivity contribution < 1.29 is 9.94 Å². The standard InChI is InChI=1S/C9H10Cl2N2O2/c10-6-1-2-8(7(11)5-6)15-4-3-9(12)13-14/h1-2,5,14H,3-4H2,(H2,12,13). The number of nitrogens with zero attached hydrogens (tertiary/aromatic N) is 1. The third-order valence-electron chi connectivity index (χ3n) is 1.64. The number of amidine groups is 1. The third-order valence-corrected chi connectivity index (χ3v) is 2.17. The summed E-state index contributed by atoms with van der Waals surface area (Å²) in [6.07, 6.45) is 0.329. The van der Waals surface area contributed by atoms with E-state index in [1.165, 1.54) is 0 Å². The van der Waals surface area contributed by atoms with Gasteiger partial charge in [-0.25, -0.2) is 0 Å². The lowest BCUT2D eigenvalue weighted by Gasteiger charge is -2.07. The topological polar surface area (TPSA) is 67.8 Å². The smallest absolute Gasteiger partial charge is 0.142 e. The van der Waals surface area contributed by atoms with Gasteiger partial charge in [-0.05, 0) is 18.2 Å². The Kier molecular flexibility index (Phi) is 4.52. The molecule has 6 heteroatoms. The van der Waals surface area contributed by atoms with Gasteiger partial charge in [0.1, 0.15) is 11.6 Å². The Labute approximate surface area is 97.2 Å². The van der Waals surface area contributed by atoms with Gasteiger partial charge in [0.15, 0.2) is 0 Å². The summed E-state index contributed by atoms with van der Waals surface area (Å²) in [4.78, 5) is 0. The predicted molar refractivity (Wildman–Crippen MR) is 60.0 cm³/mol. The van der Waals surface area contributed by atoms with Crippen LogP contribution >= 0.6 is 23.2 Å².